The molecule has 21 heavy (non-hydrogen) atoms. The second kappa shape index (κ2) is 8.90. The Bertz CT molecular complexity index is 486. The Labute approximate surface area is 135 Å². The molecule has 2 amide bonds. The number of likely N-dealkylation sites (N-methyl/N-ethyl adjacent to an activating group) is 1. The Kier molecular flexibility index (Phi) is 7.54. The molecule has 116 valence electrons. The van der Waals surface area contributed by atoms with Crippen LogP contribution >= 0.6 is 23.2 Å². The van der Waals surface area contributed by atoms with Gasteiger partial charge in [-0.1, -0.05) is 49.0 Å². The summed E-state index contributed by atoms with van der Waals surface area (Å²) in [6, 6.07) is 4.98. The van der Waals surface area contributed by atoms with E-state index < -0.39 is 0 Å². The average Bonchev–Trinajstić information content (AvgIpc) is 2.43. The minimum atomic E-state index is -0.323. The van der Waals surface area contributed by atoms with Crippen molar-refractivity contribution >= 4 is 40.7 Å². The Hall–Kier alpha value is -1.26. The lowest BCUT2D eigenvalue weighted by molar-refractivity contribution is -0.133. The first-order valence-electron chi connectivity index (χ1n) is 6.93. The van der Waals surface area contributed by atoms with E-state index in [2.05, 4.69) is 12.2 Å². The number of halogens is 2. The molecule has 0 aliphatic rings. The number of amides is 2. The molecule has 0 heterocycles. The number of hydrogen-bond donors (Lipinski definition) is 1. The van der Waals surface area contributed by atoms with Crippen LogP contribution in [0.3, 0.4) is 0 Å². The summed E-state index contributed by atoms with van der Waals surface area (Å²) in [6.07, 6.45) is 3.38. The molecular formula is C15H20Cl2N2O2. The second-order valence-electron chi connectivity index (χ2n) is 4.85. The lowest BCUT2D eigenvalue weighted by Crippen LogP contribution is -2.34. The molecule has 0 saturated carbocycles. The minimum Gasteiger partial charge on any atom is -0.336 e. The van der Waals surface area contributed by atoms with Gasteiger partial charge >= 0.3 is 0 Å². The number of carbonyl (C=O) groups is 2. The van der Waals surface area contributed by atoms with Gasteiger partial charge in [-0.3, -0.25) is 9.59 Å². The molecular weight excluding hydrogens is 311 g/mol. The van der Waals surface area contributed by atoms with Crippen LogP contribution in [-0.2, 0) is 9.59 Å². The number of para-hydroxylation sites is 1. The van der Waals surface area contributed by atoms with Crippen LogP contribution in [0, 0.1) is 0 Å². The van der Waals surface area contributed by atoms with Gasteiger partial charge in [0.15, 0.2) is 0 Å². The van der Waals surface area contributed by atoms with Gasteiger partial charge in [-0.2, -0.15) is 0 Å². The van der Waals surface area contributed by atoms with Gasteiger partial charge in [-0.05, 0) is 18.6 Å². The summed E-state index contributed by atoms with van der Waals surface area (Å²) in [4.78, 5) is 25.2. The number of unbranched alkanes of at least 4 members (excludes halogenated alkanes) is 2. The summed E-state index contributed by atoms with van der Waals surface area (Å²) in [5, 5.41) is 3.37. The average molecular weight is 331 g/mol. The first-order valence-corrected chi connectivity index (χ1v) is 7.69. The van der Waals surface area contributed by atoms with Crippen molar-refractivity contribution in [2.24, 2.45) is 0 Å². The van der Waals surface area contributed by atoms with Crippen molar-refractivity contribution in [1.29, 1.82) is 0 Å². The molecule has 0 bridgehead atoms. The van der Waals surface area contributed by atoms with E-state index in [0.29, 0.717) is 22.2 Å². The van der Waals surface area contributed by atoms with E-state index in [1.807, 2.05) is 0 Å². The third-order valence-electron chi connectivity index (χ3n) is 3.03. The molecule has 1 N–H and O–H groups in total. The van der Waals surface area contributed by atoms with E-state index in [0.717, 1.165) is 19.3 Å². The van der Waals surface area contributed by atoms with Crippen molar-refractivity contribution in [3.8, 4) is 0 Å². The lowest BCUT2D eigenvalue weighted by atomic mass is 10.2. The minimum absolute atomic E-state index is 0.0213. The van der Waals surface area contributed by atoms with E-state index in [-0.39, 0.29) is 18.4 Å². The third-order valence-corrected chi connectivity index (χ3v) is 3.66. The van der Waals surface area contributed by atoms with E-state index in [4.69, 9.17) is 23.2 Å². The van der Waals surface area contributed by atoms with Gasteiger partial charge in [0.1, 0.15) is 0 Å². The van der Waals surface area contributed by atoms with Crippen molar-refractivity contribution in [2.75, 3.05) is 18.9 Å². The fraction of sp³-hybridized carbons (Fsp3) is 0.467. The predicted octanol–water partition coefficient (Wildman–Crippen LogP) is 3.97. The van der Waals surface area contributed by atoms with Gasteiger partial charge in [-0.25, -0.2) is 0 Å². The summed E-state index contributed by atoms with van der Waals surface area (Å²) < 4.78 is 0. The van der Waals surface area contributed by atoms with Crippen molar-refractivity contribution in [3.05, 3.63) is 28.2 Å². The first-order chi connectivity index (χ1) is 9.95. The molecule has 4 nitrogen and oxygen atoms in total. The molecule has 0 spiro atoms. The van der Waals surface area contributed by atoms with Gasteiger partial charge in [0.05, 0.1) is 22.3 Å². The maximum Gasteiger partial charge on any atom is 0.244 e. The topological polar surface area (TPSA) is 49.4 Å². The zero-order valence-corrected chi connectivity index (χ0v) is 13.8. The molecule has 0 unspecified atom stereocenters. The zero-order valence-electron chi connectivity index (χ0n) is 12.3. The number of carbonyl (C=O) groups excluding carboxylic acids is 2. The van der Waals surface area contributed by atoms with E-state index in [9.17, 15) is 9.59 Å². The molecule has 1 aromatic rings. The molecule has 0 atom stereocenters. The zero-order chi connectivity index (χ0) is 15.8. The largest absolute Gasteiger partial charge is 0.336 e. The number of anilines is 1. The fourth-order valence-corrected chi connectivity index (χ4v) is 2.31. The lowest BCUT2D eigenvalue weighted by Gasteiger charge is -2.17. The third kappa shape index (κ3) is 5.94. The van der Waals surface area contributed by atoms with Crippen LogP contribution in [0.25, 0.3) is 0 Å². The van der Waals surface area contributed by atoms with Crippen LogP contribution in [0.2, 0.25) is 10.0 Å². The highest BCUT2D eigenvalue weighted by Gasteiger charge is 2.14. The molecule has 0 aromatic heterocycles. The SMILES string of the molecule is CCCCCC(=O)N(C)CC(=O)Nc1c(Cl)cccc1Cl. The summed E-state index contributed by atoms with van der Waals surface area (Å²) in [5.41, 5.74) is 0.373. The molecule has 1 rings (SSSR count). The van der Waals surface area contributed by atoms with Crippen LogP contribution in [0.1, 0.15) is 32.6 Å². The van der Waals surface area contributed by atoms with Crippen LogP contribution in [0.4, 0.5) is 5.69 Å². The van der Waals surface area contributed by atoms with Gasteiger partial charge in [0, 0.05) is 13.5 Å². The standard InChI is InChI=1S/C15H20Cl2N2O2/c1-3-4-5-9-14(21)19(2)10-13(20)18-15-11(16)7-6-8-12(15)17/h6-8H,3-5,9-10H2,1-2H3,(H,18,20). The number of hydrogen-bond acceptors (Lipinski definition) is 2. The molecule has 0 aliphatic heterocycles. The summed E-state index contributed by atoms with van der Waals surface area (Å²) in [6.45, 7) is 2.06. The Balaban J connectivity index is 2.51. The Morgan fingerprint density at radius 2 is 1.81 bits per heavy atom. The molecule has 1 aromatic carbocycles. The number of benzene rings is 1. The van der Waals surface area contributed by atoms with Gasteiger partial charge in [0.2, 0.25) is 11.8 Å². The quantitative estimate of drug-likeness (QED) is 0.769. The number of rotatable bonds is 7. The normalized spacial score (nSPS) is 10.3. The summed E-state index contributed by atoms with van der Waals surface area (Å²) in [5.74, 6) is -0.361. The molecule has 0 fully saturated rings. The highest BCUT2D eigenvalue weighted by atomic mass is 35.5. The van der Waals surface area contributed by atoms with Crippen LogP contribution in [0.15, 0.2) is 18.2 Å². The molecule has 0 aliphatic carbocycles. The monoisotopic (exact) mass is 330 g/mol. The van der Waals surface area contributed by atoms with Crippen molar-refractivity contribution in [3.63, 3.8) is 0 Å². The van der Waals surface area contributed by atoms with Crippen LogP contribution in [-0.4, -0.2) is 30.3 Å². The number of nitrogens with zero attached hydrogens (tertiary/aromatic N) is 1. The van der Waals surface area contributed by atoms with Crippen LogP contribution < -0.4 is 5.32 Å². The van der Waals surface area contributed by atoms with Crippen molar-refractivity contribution in [1.82, 2.24) is 4.90 Å². The number of nitrogens with one attached hydrogen (secondary N) is 1. The maximum absolute atomic E-state index is 11.9. The predicted molar refractivity (Wildman–Crippen MR) is 86.9 cm³/mol. The highest BCUT2D eigenvalue weighted by Crippen LogP contribution is 2.29. The van der Waals surface area contributed by atoms with Crippen molar-refractivity contribution in [2.45, 2.75) is 32.6 Å². The van der Waals surface area contributed by atoms with E-state index in [1.54, 1.807) is 25.2 Å². The van der Waals surface area contributed by atoms with Gasteiger partial charge < -0.3 is 10.2 Å². The van der Waals surface area contributed by atoms with Gasteiger partial charge in [0.25, 0.3) is 0 Å². The Morgan fingerprint density at radius 3 is 2.38 bits per heavy atom. The smallest absolute Gasteiger partial charge is 0.244 e. The van der Waals surface area contributed by atoms with Gasteiger partial charge in [-0.15, -0.1) is 0 Å². The Morgan fingerprint density at radius 1 is 1.19 bits per heavy atom. The maximum atomic E-state index is 11.9. The van der Waals surface area contributed by atoms with Crippen molar-refractivity contribution < 1.29 is 9.59 Å². The van der Waals surface area contributed by atoms with Crippen LogP contribution in [0.5, 0.6) is 0 Å². The summed E-state index contributed by atoms with van der Waals surface area (Å²) >= 11 is 12.0. The second-order valence-corrected chi connectivity index (χ2v) is 5.67. The first kappa shape index (κ1) is 17.8. The fourth-order valence-electron chi connectivity index (χ4n) is 1.82. The highest BCUT2D eigenvalue weighted by molar-refractivity contribution is 6.39. The van der Waals surface area contributed by atoms with E-state index >= 15 is 0 Å². The summed E-state index contributed by atoms with van der Waals surface area (Å²) in [7, 11) is 1.61. The molecule has 6 heteroatoms. The molecule has 0 radical (unpaired) electrons. The molecule has 0 saturated heterocycles. The van der Waals surface area contributed by atoms with E-state index in [1.165, 1.54) is 4.90 Å².